The van der Waals surface area contributed by atoms with Crippen molar-refractivity contribution < 1.29 is 14.3 Å². The number of benzene rings is 2. The lowest BCUT2D eigenvalue weighted by Crippen LogP contribution is -2.42. The van der Waals surface area contributed by atoms with Crippen molar-refractivity contribution in [2.75, 3.05) is 32.1 Å². The van der Waals surface area contributed by atoms with Gasteiger partial charge in [-0.05, 0) is 48.4 Å². The number of ether oxygens (including phenoxy) is 1. The van der Waals surface area contributed by atoms with Gasteiger partial charge in [-0.1, -0.05) is 17.7 Å². The Hall–Kier alpha value is -2.53. The summed E-state index contributed by atoms with van der Waals surface area (Å²) in [6.07, 6.45) is 0.600. The maximum Gasteiger partial charge on any atom is 0.253 e. The maximum absolute atomic E-state index is 13.1. The number of carbonyl (C=O) groups excluding carboxylic acids is 2. The van der Waals surface area contributed by atoms with Crippen molar-refractivity contribution in [3.63, 3.8) is 0 Å². The molecule has 2 aromatic carbocycles. The summed E-state index contributed by atoms with van der Waals surface area (Å²) in [5.74, 6) is 0.643. The second kappa shape index (κ2) is 6.02. The SMILES string of the molecule is COc1ccc2c(c1)[C@]1(CCN(C(=O)c3cccc(Cl)c3)C1)C(=O)N2C. The molecule has 2 aliphatic rings. The van der Waals surface area contributed by atoms with E-state index in [0.717, 1.165) is 11.3 Å². The molecule has 0 bridgehead atoms. The van der Waals surface area contributed by atoms with Gasteiger partial charge in [0.15, 0.2) is 0 Å². The first-order chi connectivity index (χ1) is 12.5. The van der Waals surface area contributed by atoms with Gasteiger partial charge in [-0.25, -0.2) is 0 Å². The third kappa shape index (κ3) is 2.38. The molecule has 1 fully saturated rings. The zero-order valence-electron chi connectivity index (χ0n) is 14.7. The van der Waals surface area contributed by atoms with Gasteiger partial charge in [-0.2, -0.15) is 0 Å². The van der Waals surface area contributed by atoms with Gasteiger partial charge in [0.05, 0.1) is 12.5 Å². The lowest BCUT2D eigenvalue weighted by Gasteiger charge is -2.23. The van der Waals surface area contributed by atoms with Crippen LogP contribution in [0.4, 0.5) is 5.69 Å². The molecule has 2 amide bonds. The van der Waals surface area contributed by atoms with E-state index in [1.165, 1.54) is 0 Å². The number of methoxy groups -OCH3 is 1. The van der Waals surface area contributed by atoms with Gasteiger partial charge in [0.1, 0.15) is 5.75 Å². The molecule has 2 aromatic rings. The minimum Gasteiger partial charge on any atom is -0.497 e. The summed E-state index contributed by atoms with van der Waals surface area (Å²) in [6, 6.07) is 12.6. The average Bonchev–Trinajstić information content (AvgIpc) is 3.19. The molecule has 2 aliphatic heterocycles. The number of nitrogens with zero attached hydrogens (tertiary/aromatic N) is 2. The third-order valence-electron chi connectivity index (χ3n) is 5.42. The number of fused-ring (bicyclic) bond motifs is 2. The number of carbonyl (C=O) groups is 2. The molecule has 2 heterocycles. The first-order valence-electron chi connectivity index (χ1n) is 8.48. The van der Waals surface area contributed by atoms with E-state index in [0.29, 0.717) is 35.8 Å². The zero-order chi connectivity index (χ0) is 18.5. The van der Waals surface area contributed by atoms with E-state index in [2.05, 4.69) is 0 Å². The van der Waals surface area contributed by atoms with Gasteiger partial charge in [0.25, 0.3) is 5.91 Å². The molecule has 1 spiro atoms. The van der Waals surface area contributed by atoms with Crippen LogP contribution in [0, 0.1) is 0 Å². The largest absolute Gasteiger partial charge is 0.497 e. The van der Waals surface area contributed by atoms with Gasteiger partial charge in [0, 0.05) is 36.4 Å². The molecule has 1 atom stereocenters. The molecule has 0 N–H and O–H groups in total. The highest BCUT2D eigenvalue weighted by atomic mass is 35.5. The summed E-state index contributed by atoms with van der Waals surface area (Å²) < 4.78 is 5.34. The van der Waals surface area contributed by atoms with E-state index < -0.39 is 5.41 Å². The van der Waals surface area contributed by atoms with Gasteiger partial charge in [0.2, 0.25) is 5.91 Å². The molecule has 4 rings (SSSR count). The Bertz CT molecular complexity index is 914. The van der Waals surface area contributed by atoms with Gasteiger partial charge in [-0.3, -0.25) is 9.59 Å². The standard InChI is InChI=1S/C20H19ClN2O3/c1-22-17-7-6-15(26-2)11-16(17)20(19(22)25)8-9-23(12-20)18(24)13-4-3-5-14(21)10-13/h3-7,10-11H,8-9,12H2,1-2H3/t20-/m1/s1. The van der Waals surface area contributed by atoms with Gasteiger partial charge >= 0.3 is 0 Å². The molecule has 0 aromatic heterocycles. The first-order valence-corrected chi connectivity index (χ1v) is 8.85. The minimum atomic E-state index is -0.702. The number of hydrogen-bond acceptors (Lipinski definition) is 3. The monoisotopic (exact) mass is 370 g/mol. The fourth-order valence-electron chi connectivity index (χ4n) is 4.05. The van der Waals surface area contributed by atoms with E-state index >= 15 is 0 Å². The Morgan fingerprint density at radius 2 is 2.04 bits per heavy atom. The van der Waals surface area contributed by atoms with Crippen LogP contribution < -0.4 is 9.64 Å². The normalized spacial score (nSPS) is 21.4. The Balaban J connectivity index is 1.69. The molecule has 5 nitrogen and oxygen atoms in total. The highest BCUT2D eigenvalue weighted by molar-refractivity contribution is 6.31. The van der Waals surface area contributed by atoms with Crippen LogP contribution in [0.5, 0.6) is 5.75 Å². The Kier molecular flexibility index (Phi) is 3.92. The smallest absolute Gasteiger partial charge is 0.253 e. The lowest BCUT2D eigenvalue weighted by molar-refractivity contribution is -0.122. The lowest BCUT2D eigenvalue weighted by atomic mass is 9.81. The fourth-order valence-corrected chi connectivity index (χ4v) is 4.24. The van der Waals surface area contributed by atoms with Crippen molar-refractivity contribution >= 4 is 29.1 Å². The first kappa shape index (κ1) is 16.9. The molecule has 0 saturated carbocycles. The van der Waals surface area contributed by atoms with Crippen molar-refractivity contribution in [3.8, 4) is 5.75 Å². The van der Waals surface area contributed by atoms with E-state index in [1.54, 1.807) is 48.2 Å². The summed E-state index contributed by atoms with van der Waals surface area (Å²) in [4.78, 5) is 29.4. The van der Waals surface area contributed by atoms with Crippen molar-refractivity contribution in [1.82, 2.24) is 4.90 Å². The highest BCUT2D eigenvalue weighted by Gasteiger charge is 2.54. The highest BCUT2D eigenvalue weighted by Crippen LogP contribution is 2.48. The number of anilines is 1. The maximum atomic E-state index is 13.1. The van der Waals surface area contributed by atoms with Gasteiger partial charge in [-0.15, -0.1) is 0 Å². The minimum absolute atomic E-state index is 0.0298. The predicted octanol–water partition coefficient (Wildman–Crippen LogP) is 3.11. The van der Waals surface area contributed by atoms with Crippen molar-refractivity contribution in [1.29, 1.82) is 0 Å². The zero-order valence-corrected chi connectivity index (χ0v) is 15.4. The van der Waals surface area contributed by atoms with E-state index in [-0.39, 0.29) is 11.8 Å². The van der Waals surface area contributed by atoms with Crippen molar-refractivity contribution in [2.45, 2.75) is 11.8 Å². The predicted molar refractivity (Wildman–Crippen MR) is 100 cm³/mol. The molecule has 134 valence electrons. The molecule has 1 saturated heterocycles. The summed E-state index contributed by atoms with van der Waals surface area (Å²) in [7, 11) is 3.39. The summed E-state index contributed by atoms with van der Waals surface area (Å²) >= 11 is 6.01. The number of likely N-dealkylation sites (tertiary alicyclic amines) is 1. The van der Waals surface area contributed by atoms with Crippen molar-refractivity contribution in [3.05, 3.63) is 58.6 Å². The molecular formula is C20H19ClN2O3. The summed E-state index contributed by atoms with van der Waals surface area (Å²) in [6.45, 7) is 0.892. The van der Waals surface area contributed by atoms with E-state index in [4.69, 9.17) is 16.3 Å². The number of likely N-dealkylation sites (N-methyl/N-ethyl adjacent to an activating group) is 1. The molecule has 6 heteroatoms. The fraction of sp³-hybridized carbons (Fsp3) is 0.300. The van der Waals surface area contributed by atoms with Crippen LogP contribution in [0.25, 0.3) is 0 Å². The second-order valence-corrected chi connectivity index (χ2v) is 7.25. The van der Waals surface area contributed by atoms with Crippen LogP contribution >= 0.6 is 11.6 Å². The topological polar surface area (TPSA) is 49.9 Å². The van der Waals surface area contributed by atoms with Crippen LogP contribution in [-0.4, -0.2) is 44.0 Å². The average molecular weight is 371 g/mol. The Morgan fingerprint density at radius 1 is 1.23 bits per heavy atom. The molecule has 26 heavy (non-hydrogen) atoms. The van der Waals surface area contributed by atoms with Crippen LogP contribution in [0.3, 0.4) is 0 Å². The van der Waals surface area contributed by atoms with E-state index in [1.807, 2.05) is 18.2 Å². The number of hydrogen-bond donors (Lipinski definition) is 0. The Morgan fingerprint density at radius 3 is 2.77 bits per heavy atom. The molecule has 0 unspecified atom stereocenters. The van der Waals surface area contributed by atoms with E-state index in [9.17, 15) is 9.59 Å². The molecule has 0 aliphatic carbocycles. The van der Waals surface area contributed by atoms with Gasteiger partial charge < -0.3 is 14.5 Å². The number of amides is 2. The van der Waals surface area contributed by atoms with Crippen LogP contribution in [-0.2, 0) is 10.2 Å². The summed E-state index contributed by atoms with van der Waals surface area (Å²) in [5.41, 5.74) is 1.66. The second-order valence-electron chi connectivity index (χ2n) is 6.82. The number of rotatable bonds is 2. The van der Waals surface area contributed by atoms with Crippen LogP contribution in [0.2, 0.25) is 5.02 Å². The van der Waals surface area contributed by atoms with Crippen LogP contribution in [0.15, 0.2) is 42.5 Å². The third-order valence-corrected chi connectivity index (χ3v) is 5.66. The Labute approximate surface area is 157 Å². The van der Waals surface area contributed by atoms with Crippen LogP contribution in [0.1, 0.15) is 22.3 Å². The number of halogens is 1. The quantitative estimate of drug-likeness (QED) is 0.816. The summed E-state index contributed by atoms with van der Waals surface area (Å²) in [5, 5.41) is 0.525. The van der Waals surface area contributed by atoms with Crippen molar-refractivity contribution in [2.24, 2.45) is 0 Å². The molecule has 0 radical (unpaired) electrons. The molecular weight excluding hydrogens is 352 g/mol.